The van der Waals surface area contributed by atoms with Crippen molar-refractivity contribution in [2.45, 2.75) is 19.1 Å². The lowest BCUT2D eigenvalue weighted by Gasteiger charge is -2.21. The molecule has 0 aromatic heterocycles. The van der Waals surface area contributed by atoms with Crippen LogP contribution in [0.25, 0.3) is 5.57 Å². The number of hydrogen-bond donors (Lipinski definition) is 2. The lowest BCUT2D eigenvalue weighted by Crippen LogP contribution is -2.42. The third kappa shape index (κ3) is 2.56. The van der Waals surface area contributed by atoms with E-state index < -0.39 is 24.4 Å². The molecule has 3 nitrogen and oxygen atoms in total. The summed E-state index contributed by atoms with van der Waals surface area (Å²) in [5.41, 5.74) is 6.87. The maximum absolute atomic E-state index is 13.2. The molecule has 0 radical (unpaired) electrons. The summed E-state index contributed by atoms with van der Waals surface area (Å²) in [6.07, 6.45) is 2.40. The number of nitrogens with one attached hydrogen (secondary N) is 1. The van der Waals surface area contributed by atoms with E-state index in [0.717, 1.165) is 11.1 Å². The second-order valence-electron chi connectivity index (χ2n) is 4.22. The van der Waals surface area contributed by atoms with Crippen LogP contribution in [0.15, 0.2) is 24.3 Å². The van der Waals surface area contributed by atoms with Crippen LogP contribution < -0.4 is 11.1 Å². The van der Waals surface area contributed by atoms with Gasteiger partial charge in [0, 0.05) is 12.1 Å². The maximum atomic E-state index is 13.2. The largest absolute Gasteiger partial charge is 0.368 e. The Kier molecular flexibility index (Phi) is 3.72. The van der Waals surface area contributed by atoms with Gasteiger partial charge in [-0.05, 0) is 29.7 Å². The number of carbonyl (C=O) groups excluding carboxylic acids is 1. The van der Waals surface area contributed by atoms with Crippen molar-refractivity contribution in [2.24, 2.45) is 5.73 Å². The van der Waals surface area contributed by atoms with Crippen LogP contribution in [0, 0.1) is 5.82 Å². The van der Waals surface area contributed by atoms with Gasteiger partial charge in [-0.15, -0.1) is 0 Å². The molecule has 0 saturated carbocycles. The second kappa shape index (κ2) is 5.27. The lowest BCUT2D eigenvalue weighted by molar-refractivity contribution is -0.119. The zero-order valence-electron chi connectivity index (χ0n) is 9.75. The van der Waals surface area contributed by atoms with E-state index in [9.17, 15) is 13.6 Å². The van der Waals surface area contributed by atoms with Gasteiger partial charge < -0.3 is 11.1 Å². The van der Waals surface area contributed by atoms with Crippen LogP contribution in [0.4, 0.5) is 8.78 Å². The van der Waals surface area contributed by atoms with Gasteiger partial charge in [-0.3, -0.25) is 4.79 Å². The van der Waals surface area contributed by atoms with E-state index in [4.69, 9.17) is 5.73 Å². The van der Waals surface area contributed by atoms with E-state index in [1.165, 1.54) is 12.1 Å². The number of nitrogens with two attached hydrogens (primary N) is 1. The first kappa shape index (κ1) is 12.7. The van der Waals surface area contributed by atoms with Crippen LogP contribution in [0.3, 0.4) is 0 Å². The molecule has 0 aliphatic carbocycles. The zero-order valence-corrected chi connectivity index (χ0v) is 9.75. The van der Waals surface area contributed by atoms with Gasteiger partial charge in [0.15, 0.2) is 0 Å². The molecule has 18 heavy (non-hydrogen) atoms. The highest BCUT2D eigenvalue weighted by Crippen LogP contribution is 2.24. The summed E-state index contributed by atoms with van der Waals surface area (Å²) >= 11 is 0. The van der Waals surface area contributed by atoms with Crippen molar-refractivity contribution in [3.05, 3.63) is 41.2 Å². The lowest BCUT2D eigenvalue weighted by atomic mass is 9.95. The molecule has 2 rings (SSSR count). The summed E-state index contributed by atoms with van der Waals surface area (Å²) in [6, 6.07) is 3.79. The Morgan fingerprint density at radius 3 is 2.94 bits per heavy atom. The summed E-state index contributed by atoms with van der Waals surface area (Å²) in [5.74, 6) is -1.01. The monoisotopic (exact) mass is 252 g/mol. The van der Waals surface area contributed by atoms with Crippen molar-refractivity contribution >= 4 is 11.5 Å². The van der Waals surface area contributed by atoms with E-state index in [-0.39, 0.29) is 5.56 Å². The van der Waals surface area contributed by atoms with Crippen LogP contribution >= 0.6 is 0 Å². The second-order valence-corrected chi connectivity index (χ2v) is 4.22. The highest BCUT2D eigenvalue weighted by atomic mass is 19.1. The molecule has 0 fully saturated rings. The molecule has 3 N–H and O–H groups in total. The highest BCUT2D eigenvalue weighted by Gasteiger charge is 2.18. The summed E-state index contributed by atoms with van der Waals surface area (Å²) in [5, 5.41) is 2.96. The van der Waals surface area contributed by atoms with Gasteiger partial charge in [0.1, 0.15) is 18.5 Å². The Hall–Kier alpha value is -1.75. The van der Waals surface area contributed by atoms with E-state index in [0.29, 0.717) is 13.0 Å². The van der Waals surface area contributed by atoms with Gasteiger partial charge in [-0.25, -0.2) is 8.78 Å². The van der Waals surface area contributed by atoms with Gasteiger partial charge in [-0.1, -0.05) is 12.1 Å². The van der Waals surface area contributed by atoms with Crippen LogP contribution in [0.2, 0.25) is 0 Å². The first-order valence-corrected chi connectivity index (χ1v) is 5.70. The molecular weight excluding hydrogens is 238 g/mol. The van der Waals surface area contributed by atoms with Crippen LogP contribution in [0.1, 0.15) is 17.5 Å². The summed E-state index contributed by atoms with van der Waals surface area (Å²) in [4.78, 5) is 11.1. The molecule has 96 valence electrons. The normalized spacial score (nSPS) is 19.4. The molecule has 1 aliphatic heterocycles. The Morgan fingerprint density at radius 2 is 2.28 bits per heavy atom. The van der Waals surface area contributed by atoms with E-state index in [2.05, 4.69) is 5.32 Å². The van der Waals surface area contributed by atoms with E-state index >= 15 is 0 Å². The maximum Gasteiger partial charge on any atom is 0.238 e. The Balaban J connectivity index is 2.33. The minimum Gasteiger partial charge on any atom is -0.368 e. The SMILES string of the molecule is NC(=O)C1C=C(c2ccc(F)c(CF)c2)CCN1. The minimum absolute atomic E-state index is 0.0301. The fourth-order valence-electron chi connectivity index (χ4n) is 2.01. The van der Waals surface area contributed by atoms with Gasteiger partial charge >= 0.3 is 0 Å². The third-order valence-electron chi connectivity index (χ3n) is 2.99. The number of benzene rings is 1. The molecule has 1 aliphatic rings. The predicted molar refractivity (Wildman–Crippen MR) is 64.8 cm³/mol. The van der Waals surface area contributed by atoms with Gasteiger partial charge in [0.2, 0.25) is 5.91 Å². The fourth-order valence-corrected chi connectivity index (χ4v) is 2.01. The van der Waals surface area contributed by atoms with Crippen LogP contribution in [-0.4, -0.2) is 18.5 Å². The third-order valence-corrected chi connectivity index (χ3v) is 2.99. The minimum atomic E-state index is -0.843. The van der Waals surface area contributed by atoms with Crippen molar-refractivity contribution in [1.82, 2.24) is 5.32 Å². The quantitative estimate of drug-likeness (QED) is 0.857. The smallest absolute Gasteiger partial charge is 0.238 e. The Labute approximate surface area is 104 Å². The summed E-state index contributed by atoms with van der Waals surface area (Å²) in [6.45, 7) is -0.230. The molecule has 1 amide bonds. The molecule has 1 atom stereocenters. The zero-order chi connectivity index (χ0) is 13.1. The van der Waals surface area contributed by atoms with Crippen molar-refractivity contribution in [3.8, 4) is 0 Å². The van der Waals surface area contributed by atoms with E-state index in [1.807, 2.05) is 0 Å². The molecule has 1 aromatic rings. The van der Waals surface area contributed by atoms with Crippen molar-refractivity contribution in [3.63, 3.8) is 0 Å². The average molecular weight is 252 g/mol. The topological polar surface area (TPSA) is 55.1 Å². The number of rotatable bonds is 3. The van der Waals surface area contributed by atoms with Gasteiger partial charge in [0.25, 0.3) is 0 Å². The standard InChI is InChI=1S/C13H14F2N2O/c14-7-10-5-8(1-2-11(10)15)9-3-4-17-12(6-9)13(16)18/h1-2,5-6,12,17H,3-4,7H2,(H2,16,18). The Morgan fingerprint density at radius 1 is 1.50 bits per heavy atom. The van der Waals surface area contributed by atoms with Crippen LogP contribution in [0.5, 0.6) is 0 Å². The number of halogens is 2. The molecule has 0 bridgehead atoms. The Bertz CT molecular complexity index is 500. The molecule has 5 heteroatoms. The van der Waals surface area contributed by atoms with Crippen molar-refractivity contribution in [2.75, 3.05) is 6.54 Å². The fraction of sp³-hybridized carbons (Fsp3) is 0.308. The van der Waals surface area contributed by atoms with Gasteiger partial charge in [0.05, 0.1) is 0 Å². The number of amides is 1. The van der Waals surface area contributed by atoms with Gasteiger partial charge in [-0.2, -0.15) is 0 Å². The number of carbonyl (C=O) groups is 1. The molecule has 1 unspecified atom stereocenters. The molecule has 0 saturated heterocycles. The number of alkyl halides is 1. The molecule has 1 heterocycles. The number of primary amides is 1. The van der Waals surface area contributed by atoms with Crippen molar-refractivity contribution in [1.29, 1.82) is 0 Å². The summed E-state index contributed by atoms with van der Waals surface area (Å²) < 4.78 is 25.8. The first-order valence-electron chi connectivity index (χ1n) is 5.70. The molecule has 0 spiro atoms. The molecular formula is C13H14F2N2O. The molecule has 1 aromatic carbocycles. The highest BCUT2D eigenvalue weighted by molar-refractivity contribution is 5.85. The van der Waals surface area contributed by atoms with E-state index in [1.54, 1.807) is 12.1 Å². The predicted octanol–water partition coefficient (Wildman–Crippen LogP) is 1.53. The summed E-state index contributed by atoms with van der Waals surface area (Å²) in [7, 11) is 0. The van der Waals surface area contributed by atoms with Crippen LogP contribution in [-0.2, 0) is 11.5 Å². The van der Waals surface area contributed by atoms with Crippen molar-refractivity contribution < 1.29 is 13.6 Å². The number of hydrogen-bond acceptors (Lipinski definition) is 2. The average Bonchev–Trinajstić information content (AvgIpc) is 2.39. The first-order chi connectivity index (χ1) is 8.61.